The van der Waals surface area contributed by atoms with E-state index in [2.05, 4.69) is 6.92 Å². The molecule has 0 aromatic carbocycles. The fourth-order valence-electron chi connectivity index (χ4n) is 1.96. The predicted molar refractivity (Wildman–Crippen MR) is 77.0 cm³/mol. The minimum atomic E-state index is -0.758. The second-order valence-corrected chi connectivity index (χ2v) is 5.06. The van der Waals surface area contributed by atoms with Crippen LogP contribution in [0.1, 0.15) is 72.6 Å². The number of hydrogen-bond acceptors (Lipinski definition) is 4. The summed E-state index contributed by atoms with van der Waals surface area (Å²) in [7, 11) is 0. The van der Waals surface area contributed by atoms with Crippen molar-refractivity contribution in [1.29, 1.82) is 0 Å². The van der Waals surface area contributed by atoms with Gasteiger partial charge in [0.1, 0.15) is 6.10 Å². The number of aliphatic hydroxyl groups excluding tert-OH is 2. The number of carbonyl (C=O) groups excluding carboxylic acids is 1. The van der Waals surface area contributed by atoms with Gasteiger partial charge < -0.3 is 16.4 Å². The summed E-state index contributed by atoms with van der Waals surface area (Å²) in [6.45, 7) is 1.58. The molecular weight excluding hydrogens is 267 g/mol. The van der Waals surface area contributed by atoms with Crippen LogP contribution in [0.5, 0.6) is 0 Å². The first-order chi connectivity index (χ1) is 9.24. The molecule has 20 heavy (non-hydrogen) atoms. The summed E-state index contributed by atoms with van der Waals surface area (Å²) in [5.41, 5.74) is 0. The average Bonchev–Trinajstić information content (AvgIpc) is 2.43. The topological polar surface area (TPSA) is 66.8 Å². The van der Waals surface area contributed by atoms with Gasteiger partial charge in [0.2, 0.25) is 0 Å². The Morgan fingerprint density at radius 2 is 1.40 bits per heavy atom. The van der Waals surface area contributed by atoms with Gasteiger partial charge in [-0.25, -0.2) is 0 Å². The molecule has 0 saturated carbocycles. The van der Waals surface area contributed by atoms with Crippen LogP contribution in [0.15, 0.2) is 0 Å². The molecule has 0 heterocycles. The maximum atomic E-state index is 11.3. The zero-order valence-electron chi connectivity index (χ0n) is 14.3. The Labute approximate surface area is 147 Å². The number of rotatable bonds is 13. The van der Waals surface area contributed by atoms with Crippen LogP contribution in [-0.2, 0) is 9.53 Å². The summed E-state index contributed by atoms with van der Waals surface area (Å²) >= 11 is 0. The third-order valence-corrected chi connectivity index (χ3v) is 3.19. The number of carbonyl (C=O) groups is 1. The summed E-state index contributed by atoms with van der Waals surface area (Å²) in [4.78, 5) is 11.3. The summed E-state index contributed by atoms with van der Waals surface area (Å²) < 4.78 is 4.88. The first kappa shape index (κ1) is 22.7. The first-order valence-electron chi connectivity index (χ1n) is 7.65. The molecule has 2 N–H and O–H groups in total. The summed E-state index contributed by atoms with van der Waals surface area (Å²) in [5.74, 6) is -0.323. The average molecular weight is 298 g/mol. The molecule has 0 aromatic rings. The van der Waals surface area contributed by atoms with Crippen molar-refractivity contribution in [3.8, 4) is 0 Å². The van der Waals surface area contributed by atoms with Crippen molar-refractivity contribution < 1.29 is 50.7 Å². The fraction of sp³-hybridized carbons (Fsp3) is 0.933. The Morgan fingerprint density at radius 3 is 1.85 bits per heavy atom. The van der Waals surface area contributed by atoms with Gasteiger partial charge >= 0.3 is 35.5 Å². The van der Waals surface area contributed by atoms with Crippen LogP contribution in [0, 0.1) is 0 Å². The fourth-order valence-corrected chi connectivity index (χ4v) is 1.96. The molecule has 0 bridgehead atoms. The molecule has 0 spiro atoms. The van der Waals surface area contributed by atoms with Crippen LogP contribution in [0.25, 0.3) is 0 Å². The van der Waals surface area contributed by atoms with E-state index in [0.29, 0.717) is 6.42 Å². The molecule has 0 saturated heterocycles. The molecule has 0 atom stereocenters. The summed E-state index contributed by atoms with van der Waals surface area (Å²) in [6.07, 6.45) is 10.5. The zero-order chi connectivity index (χ0) is 14.3. The molecule has 0 fully saturated rings. The van der Waals surface area contributed by atoms with E-state index >= 15 is 0 Å². The maximum Gasteiger partial charge on any atom is 1.00 e. The van der Waals surface area contributed by atoms with Crippen molar-refractivity contribution in [2.45, 2.75) is 77.2 Å². The molecule has 5 heteroatoms. The Hall–Kier alpha value is 0.390. The van der Waals surface area contributed by atoms with Gasteiger partial charge in [-0.2, -0.15) is 0 Å². The second kappa shape index (κ2) is 17.4. The molecule has 0 aliphatic carbocycles. The van der Waals surface area contributed by atoms with Crippen molar-refractivity contribution >= 4 is 5.97 Å². The van der Waals surface area contributed by atoms with Gasteiger partial charge in [0.25, 0.3) is 0 Å². The van der Waals surface area contributed by atoms with E-state index < -0.39 is 6.10 Å². The largest absolute Gasteiger partial charge is 1.00 e. The van der Waals surface area contributed by atoms with Gasteiger partial charge in [0.05, 0.1) is 13.2 Å². The van der Waals surface area contributed by atoms with Crippen LogP contribution >= 0.6 is 0 Å². The van der Waals surface area contributed by atoms with E-state index in [-0.39, 0.29) is 50.2 Å². The minimum Gasteiger partial charge on any atom is -1.00 e. The van der Waals surface area contributed by atoms with E-state index in [1.54, 1.807) is 0 Å². The summed E-state index contributed by atoms with van der Waals surface area (Å²) in [6, 6.07) is 0. The molecule has 0 aliphatic heterocycles. The van der Waals surface area contributed by atoms with Crippen molar-refractivity contribution in [1.82, 2.24) is 0 Å². The maximum absolute atomic E-state index is 11.3. The number of unbranched alkanes of at least 4 members (excludes halogenated alkanes) is 8. The molecule has 0 radical (unpaired) electrons. The smallest absolute Gasteiger partial charge is 1.00 e. The van der Waals surface area contributed by atoms with Crippen LogP contribution in [0.4, 0.5) is 0 Å². The monoisotopic (exact) mass is 298 g/mol. The van der Waals surface area contributed by atoms with Gasteiger partial charge in [-0.05, 0) is 6.42 Å². The van der Waals surface area contributed by atoms with Crippen molar-refractivity contribution in [3.63, 3.8) is 0 Å². The minimum absolute atomic E-state index is 0. The van der Waals surface area contributed by atoms with Crippen LogP contribution in [0.3, 0.4) is 0 Å². The zero-order valence-corrected chi connectivity index (χ0v) is 15.3. The normalized spacial score (nSPS) is 10.4. The van der Waals surface area contributed by atoms with E-state index in [1.165, 1.54) is 44.9 Å². The van der Waals surface area contributed by atoms with Crippen molar-refractivity contribution in [2.24, 2.45) is 0 Å². The van der Waals surface area contributed by atoms with E-state index in [9.17, 15) is 4.79 Å². The SMILES string of the molecule is CCCCCCCCCCCC(=O)OC(CO)CO.[H-].[Na+]. The van der Waals surface area contributed by atoms with Crippen molar-refractivity contribution in [3.05, 3.63) is 0 Å². The van der Waals surface area contributed by atoms with E-state index in [0.717, 1.165) is 12.8 Å². The standard InChI is InChI=1S/C15H30O4.Na.H/c1-2-3-4-5-6-7-8-9-10-11-15(18)19-14(12-16)13-17;;/h14,16-17H,2-13H2,1H3;;/q;+1;-1. The van der Waals surface area contributed by atoms with Gasteiger partial charge in [0.15, 0.2) is 0 Å². The first-order valence-corrected chi connectivity index (χ1v) is 7.65. The Balaban J connectivity index is -0.00000162. The Kier molecular flexibility index (Phi) is 19.8. The number of esters is 1. The number of aliphatic hydroxyl groups is 2. The Morgan fingerprint density at radius 1 is 0.950 bits per heavy atom. The number of ether oxygens (including phenoxy) is 1. The molecule has 0 aliphatic rings. The predicted octanol–water partition coefficient (Wildman–Crippen LogP) is -0.0798. The van der Waals surface area contributed by atoms with Crippen LogP contribution in [0.2, 0.25) is 0 Å². The molecular formula is C15H31NaO4. The third-order valence-electron chi connectivity index (χ3n) is 3.19. The second-order valence-electron chi connectivity index (χ2n) is 5.06. The van der Waals surface area contributed by atoms with Gasteiger partial charge in [0, 0.05) is 6.42 Å². The third kappa shape index (κ3) is 14.8. The van der Waals surface area contributed by atoms with Crippen LogP contribution < -0.4 is 29.6 Å². The molecule has 116 valence electrons. The van der Waals surface area contributed by atoms with Gasteiger partial charge in [-0.15, -0.1) is 0 Å². The number of hydrogen-bond donors (Lipinski definition) is 2. The van der Waals surface area contributed by atoms with E-state index in [4.69, 9.17) is 14.9 Å². The molecule has 0 amide bonds. The van der Waals surface area contributed by atoms with Crippen molar-refractivity contribution in [2.75, 3.05) is 13.2 Å². The molecule has 0 unspecified atom stereocenters. The van der Waals surface area contributed by atoms with Gasteiger partial charge in [-0.1, -0.05) is 58.3 Å². The molecule has 0 rings (SSSR count). The molecule has 4 nitrogen and oxygen atoms in total. The quantitative estimate of drug-likeness (QED) is 0.284. The van der Waals surface area contributed by atoms with Gasteiger partial charge in [-0.3, -0.25) is 4.79 Å². The summed E-state index contributed by atoms with van der Waals surface area (Å²) in [5, 5.41) is 17.5. The molecule has 0 aromatic heterocycles. The Bertz CT molecular complexity index is 214. The van der Waals surface area contributed by atoms with E-state index in [1.807, 2.05) is 0 Å². The van der Waals surface area contributed by atoms with Crippen LogP contribution in [-0.4, -0.2) is 35.5 Å².